The Morgan fingerprint density at radius 2 is 2.07 bits per heavy atom. The summed E-state index contributed by atoms with van der Waals surface area (Å²) in [6, 6.07) is 10.8. The number of thiazole rings is 1. The Morgan fingerprint density at radius 1 is 1.24 bits per heavy atom. The highest BCUT2D eigenvalue weighted by atomic mass is 79.9. The van der Waals surface area contributed by atoms with E-state index >= 15 is 0 Å². The van der Waals surface area contributed by atoms with Crippen LogP contribution in [0.15, 0.2) is 45.3 Å². The van der Waals surface area contributed by atoms with Crippen molar-refractivity contribution in [1.29, 1.82) is 0 Å². The fourth-order valence-electron chi connectivity index (χ4n) is 3.68. The minimum absolute atomic E-state index is 0.104. The molecule has 1 aliphatic heterocycles. The SMILES string of the molecule is Cc1nn(-c2nc3ccc(Br)cc3s2)c2c1[C@H](c1ccc(F)c(Br)c1)CC(=O)N2. The summed E-state index contributed by atoms with van der Waals surface area (Å²) in [5.41, 5.74) is 3.48. The van der Waals surface area contributed by atoms with Gasteiger partial charge >= 0.3 is 0 Å². The van der Waals surface area contributed by atoms with Crippen LogP contribution in [-0.2, 0) is 4.79 Å². The van der Waals surface area contributed by atoms with Gasteiger partial charge in [0.2, 0.25) is 11.0 Å². The number of carbonyl (C=O) groups is 1. The van der Waals surface area contributed by atoms with Crippen molar-refractivity contribution in [2.75, 3.05) is 5.32 Å². The molecule has 0 saturated carbocycles. The summed E-state index contributed by atoms with van der Waals surface area (Å²) in [6.45, 7) is 1.92. The van der Waals surface area contributed by atoms with E-state index in [4.69, 9.17) is 0 Å². The van der Waals surface area contributed by atoms with Crippen molar-refractivity contribution < 1.29 is 9.18 Å². The number of benzene rings is 2. The third kappa shape index (κ3) is 3.21. The molecule has 0 aliphatic carbocycles. The summed E-state index contributed by atoms with van der Waals surface area (Å²) >= 11 is 8.23. The Balaban J connectivity index is 1.67. The lowest BCUT2D eigenvalue weighted by atomic mass is 9.86. The summed E-state index contributed by atoms with van der Waals surface area (Å²) in [4.78, 5) is 17.2. The molecule has 4 aromatic rings. The van der Waals surface area contributed by atoms with Gasteiger partial charge in [0.05, 0.1) is 20.4 Å². The normalized spacial score (nSPS) is 16.1. The van der Waals surface area contributed by atoms with Gasteiger partial charge in [0.1, 0.15) is 11.6 Å². The van der Waals surface area contributed by atoms with Crippen LogP contribution >= 0.6 is 43.2 Å². The molecule has 29 heavy (non-hydrogen) atoms. The van der Waals surface area contributed by atoms with Gasteiger partial charge in [-0.05, 0) is 58.7 Å². The number of aryl methyl sites for hydroxylation is 1. The van der Waals surface area contributed by atoms with Gasteiger partial charge in [-0.25, -0.2) is 9.37 Å². The summed E-state index contributed by atoms with van der Waals surface area (Å²) in [7, 11) is 0. The molecule has 2 aromatic carbocycles. The lowest BCUT2D eigenvalue weighted by Crippen LogP contribution is -2.25. The van der Waals surface area contributed by atoms with Gasteiger partial charge in [-0.15, -0.1) is 0 Å². The monoisotopic (exact) mass is 534 g/mol. The molecule has 146 valence electrons. The maximum atomic E-state index is 13.7. The number of aromatic nitrogens is 3. The minimum Gasteiger partial charge on any atom is -0.310 e. The highest BCUT2D eigenvalue weighted by molar-refractivity contribution is 9.10. The molecular weight excluding hydrogens is 523 g/mol. The van der Waals surface area contributed by atoms with E-state index in [-0.39, 0.29) is 24.1 Å². The quantitative estimate of drug-likeness (QED) is 0.346. The molecule has 0 unspecified atom stereocenters. The number of amides is 1. The first kappa shape index (κ1) is 18.9. The number of anilines is 1. The molecule has 0 saturated heterocycles. The van der Waals surface area contributed by atoms with Gasteiger partial charge < -0.3 is 5.32 Å². The predicted molar refractivity (Wildman–Crippen MR) is 118 cm³/mol. The molecule has 2 aromatic heterocycles. The fraction of sp³-hybridized carbons (Fsp3) is 0.150. The van der Waals surface area contributed by atoms with E-state index in [1.165, 1.54) is 17.4 Å². The van der Waals surface area contributed by atoms with Gasteiger partial charge in [-0.2, -0.15) is 9.78 Å². The molecule has 3 heterocycles. The Morgan fingerprint density at radius 3 is 2.86 bits per heavy atom. The van der Waals surface area contributed by atoms with E-state index in [9.17, 15) is 9.18 Å². The second-order valence-corrected chi connectivity index (χ2v) is 9.63. The third-order valence-electron chi connectivity index (χ3n) is 4.97. The molecule has 5 nitrogen and oxygen atoms in total. The highest BCUT2D eigenvalue weighted by Crippen LogP contribution is 2.41. The molecule has 1 aliphatic rings. The van der Waals surface area contributed by atoms with Crippen LogP contribution in [0.2, 0.25) is 0 Å². The second-order valence-electron chi connectivity index (χ2n) is 6.85. The first-order valence-corrected chi connectivity index (χ1v) is 11.2. The first-order valence-electron chi connectivity index (χ1n) is 8.81. The van der Waals surface area contributed by atoms with E-state index in [1.807, 2.05) is 25.1 Å². The lowest BCUT2D eigenvalue weighted by molar-refractivity contribution is -0.116. The van der Waals surface area contributed by atoms with E-state index < -0.39 is 0 Å². The van der Waals surface area contributed by atoms with Gasteiger partial charge in [0.15, 0.2) is 0 Å². The number of nitrogens with one attached hydrogen (secondary N) is 1. The fourth-order valence-corrected chi connectivity index (χ4v) is 5.55. The average molecular weight is 536 g/mol. The van der Waals surface area contributed by atoms with Crippen LogP contribution in [0.25, 0.3) is 15.3 Å². The molecule has 0 spiro atoms. The van der Waals surface area contributed by atoms with Crippen molar-refractivity contribution in [3.05, 3.63) is 68.0 Å². The van der Waals surface area contributed by atoms with Gasteiger partial charge in [-0.3, -0.25) is 4.79 Å². The molecule has 1 amide bonds. The Hall–Kier alpha value is -2.10. The topological polar surface area (TPSA) is 59.8 Å². The van der Waals surface area contributed by atoms with Gasteiger partial charge in [0, 0.05) is 22.4 Å². The molecule has 0 radical (unpaired) electrons. The molecular formula is C20H13Br2FN4OS. The van der Waals surface area contributed by atoms with Crippen molar-refractivity contribution in [3.8, 4) is 5.13 Å². The summed E-state index contributed by atoms with van der Waals surface area (Å²) in [5, 5.41) is 8.33. The Kier molecular flexibility index (Phi) is 4.56. The van der Waals surface area contributed by atoms with Gasteiger partial charge in [0.25, 0.3) is 0 Å². The van der Waals surface area contributed by atoms with Crippen molar-refractivity contribution in [1.82, 2.24) is 14.8 Å². The van der Waals surface area contributed by atoms with Crippen LogP contribution in [-0.4, -0.2) is 20.7 Å². The number of rotatable bonds is 2. The van der Waals surface area contributed by atoms with Crippen LogP contribution < -0.4 is 5.32 Å². The summed E-state index contributed by atoms with van der Waals surface area (Å²) < 4.78 is 17.8. The third-order valence-corrected chi connectivity index (χ3v) is 7.06. The zero-order chi connectivity index (χ0) is 20.3. The zero-order valence-electron chi connectivity index (χ0n) is 15.0. The van der Waals surface area contributed by atoms with Crippen molar-refractivity contribution in [3.63, 3.8) is 0 Å². The predicted octanol–water partition coefficient (Wildman–Crippen LogP) is 5.93. The first-order chi connectivity index (χ1) is 13.9. The van der Waals surface area contributed by atoms with Crippen molar-refractivity contribution >= 4 is 65.1 Å². The average Bonchev–Trinajstić information content (AvgIpc) is 3.24. The number of hydrogen-bond acceptors (Lipinski definition) is 4. The standard InChI is InChI=1S/C20H13Br2FN4OS/c1-9-18-12(10-2-4-14(23)13(22)6-10)8-17(28)25-19(18)27(26-9)20-24-15-5-3-11(21)7-16(15)29-20/h2-7,12H,8H2,1H3,(H,25,28)/t12-/m0/s1. The minimum atomic E-state index is -0.331. The number of carbonyl (C=O) groups excluding carboxylic acids is 1. The van der Waals surface area contributed by atoms with Crippen molar-refractivity contribution in [2.24, 2.45) is 0 Å². The van der Waals surface area contributed by atoms with E-state index in [2.05, 4.69) is 47.3 Å². The number of fused-ring (bicyclic) bond motifs is 2. The lowest BCUT2D eigenvalue weighted by Gasteiger charge is -2.24. The van der Waals surface area contributed by atoms with Crippen LogP contribution in [0.3, 0.4) is 0 Å². The molecule has 0 fully saturated rings. The van der Waals surface area contributed by atoms with Gasteiger partial charge in [-0.1, -0.05) is 33.3 Å². The van der Waals surface area contributed by atoms with E-state index in [0.29, 0.717) is 15.4 Å². The van der Waals surface area contributed by atoms with Crippen LogP contribution in [0, 0.1) is 12.7 Å². The maximum Gasteiger partial charge on any atom is 0.226 e. The molecule has 1 atom stereocenters. The Bertz CT molecular complexity index is 1300. The van der Waals surface area contributed by atoms with Crippen LogP contribution in [0.4, 0.5) is 10.2 Å². The zero-order valence-corrected chi connectivity index (χ0v) is 19.0. The van der Waals surface area contributed by atoms with Crippen molar-refractivity contribution in [2.45, 2.75) is 19.3 Å². The van der Waals surface area contributed by atoms with Crippen LogP contribution in [0.5, 0.6) is 0 Å². The highest BCUT2D eigenvalue weighted by Gasteiger charge is 2.33. The number of hydrogen-bond donors (Lipinski definition) is 1. The number of halogens is 3. The molecule has 1 N–H and O–H groups in total. The largest absolute Gasteiger partial charge is 0.310 e. The van der Waals surface area contributed by atoms with E-state index in [0.717, 1.165) is 31.5 Å². The van der Waals surface area contributed by atoms with Crippen LogP contribution in [0.1, 0.15) is 29.2 Å². The smallest absolute Gasteiger partial charge is 0.226 e. The summed E-state index contributed by atoms with van der Waals surface area (Å²) in [6.07, 6.45) is 0.282. The van der Waals surface area contributed by atoms with E-state index in [1.54, 1.807) is 16.8 Å². The Labute approximate surface area is 186 Å². The maximum absolute atomic E-state index is 13.7. The molecule has 0 bridgehead atoms. The molecule has 9 heteroatoms. The molecule has 5 rings (SSSR count). The summed E-state index contributed by atoms with van der Waals surface area (Å²) in [5.74, 6) is -0.00881. The second kappa shape index (κ2) is 7.00. The number of nitrogens with zero attached hydrogens (tertiary/aromatic N) is 3.